The lowest BCUT2D eigenvalue weighted by Gasteiger charge is -2.27. The average Bonchev–Trinajstić information content (AvgIpc) is 2.70. The van der Waals surface area contributed by atoms with Crippen LogP contribution in [0.3, 0.4) is 0 Å². The number of nitrogens with one attached hydrogen (secondary N) is 1. The maximum absolute atomic E-state index is 5.45. The van der Waals surface area contributed by atoms with Gasteiger partial charge >= 0.3 is 0 Å². The fourth-order valence-corrected chi connectivity index (χ4v) is 2.57. The zero-order valence-electron chi connectivity index (χ0n) is 11.1. The highest BCUT2D eigenvalue weighted by Gasteiger charge is 2.24. The molecule has 2 rings (SSSR count). The molecule has 0 fully saturated rings. The maximum atomic E-state index is 5.45. The normalized spacial score (nSPS) is 21.2. The SMILES string of the molecule is CCOCC(C)NC1CCCc2c1cnn2C. The van der Waals surface area contributed by atoms with E-state index in [9.17, 15) is 0 Å². The number of ether oxygens (including phenoxy) is 1. The van der Waals surface area contributed by atoms with E-state index in [2.05, 4.69) is 17.3 Å². The number of fused-ring (bicyclic) bond motifs is 1. The van der Waals surface area contributed by atoms with Crippen molar-refractivity contribution < 1.29 is 4.74 Å². The molecule has 0 spiro atoms. The minimum absolute atomic E-state index is 0.395. The number of aromatic nitrogens is 2. The highest BCUT2D eigenvalue weighted by atomic mass is 16.5. The third kappa shape index (κ3) is 2.87. The van der Waals surface area contributed by atoms with Crippen molar-refractivity contribution in [2.45, 2.75) is 45.2 Å². The van der Waals surface area contributed by atoms with E-state index in [1.165, 1.54) is 24.1 Å². The van der Waals surface area contributed by atoms with Crippen LogP contribution in [0.15, 0.2) is 6.20 Å². The lowest BCUT2D eigenvalue weighted by molar-refractivity contribution is 0.122. The summed E-state index contributed by atoms with van der Waals surface area (Å²) in [7, 11) is 2.03. The molecule has 4 nitrogen and oxygen atoms in total. The molecule has 1 aromatic heterocycles. The first-order valence-corrected chi connectivity index (χ1v) is 6.57. The molecule has 96 valence electrons. The first-order chi connectivity index (χ1) is 8.22. The van der Waals surface area contributed by atoms with Gasteiger partial charge in [0.1, 0.15) is 0 Å². The van der Waals surface area contributed by atoms with Crippen molar-refractivity contribution in [1.29, 1.82) is 0 Å². The third-order valence-corrected chi connectivity index (χ3v) is 3.43. The topological polar surface area (TPSA) is 39.1 Å². The van der Waals surface area contributed by atoms with Gasteiger partial charge in [0.05, 0.1) is 12.8 Å². The van der Waals surface area contributed by atoms with Gasteiger partial charge in [-0.15, -0.1) is 0 Å². The van der Waals surface area contributed by atoms with E-state index in [1.54, 1.807) is 0 Å². The Balaban J connectivity index is 1.98. The number of nitrogens with zero attached hydrogens (tertiary/aromatic N) is 2. The van der Waals surface area contributed by atoms with Crippen molar-refractivity contribution >= 4 is 0 Å². The standard InChI is InChI=1S/C13H23N3O/c1-4-17-9-10(2)15-12-6-5-7-13-11(12)8-14-16(13)3/h8,10,12,15H,4-7,9H2,1-3H3. The van der Waals surface area contributed by atoms with Crippen molar-refractivity contribution in [3.63, 3.8) is 0 Å². The van der Waals surface area contributed by atoms with E-state index in [4.69, 9.17) is 4.74 Å². The summed E-state index contributed by atoms with van der Waals surface area (Å²) in [6.07, 6.45) is 5.62. The van der Waals surface area contributed by atoms with Gasteiger partial charge in [-0.2, -0.15) is 5.10 Å². The van der Waals surface area contributed by atoms with Crippen LogP contribution in [0.25, 0.3) is 0 Å². The molecule has 0 radical (unpaired) electrons. The fourth-order valence-electron chi connectivity index (χ4n) is 2.57. The Kier molecular flexibility index (Phi) is 4.18. The van der Waals surface area contributed by atoms with Crippen LogP contribution in [0.1, 0.15) is 44.0 Å². The molecule has 2 atom stereocenters. The van der Waals surface area contributed by atoms with Crippen LogP contribution in [0, 0.1) is 0 Å². The van der Waals surface area contributed by atoms with Crippen LogP contribution in [-0.4, -0.2) is 29.0 Å². The maximum Gasteiger partial charge on any atom is 0.0616 e. The Hall–Kier alpha value is -0.870. The Labute approximate surface area is 103 Å². The molecule has 17 heavy (non-hydrogen) atoms. The van der Waals surface area contributed by atoms with E-state index in [0.717, 1.165) is 19.6 Å². The van der Waals surface area contributed by atoms with Gasteiger partial charge in [0.15, 0.2) is 0 Å². The van der Waals surface area contributed by atoms with Crippen LogP contribution in [0.4, 0.5) is 0 Å². The summed E-state index contributed by atoms with van der Waals surface area (Å²) >= 11 is 0. The molecule has 1 N–H and O–H groups in total. The zero-order valence-corrected chi connectivity index (χ0v) is 11.1. The Morgan fingerprint density at radius 3 is 3.24 bits per heavy atom. The molecule has 0 amide bonds. The molecule has 0 aliphatic heterocycles. The van der Waals surface area contributed by atoms with Gasteiger partial charge in [0.25, 0.3) is 0 Å². The van der Waals surface area contributed by atoms with Crippen molar-refractivity contribution in [3.05, 3.63) is 17.5 Å². The van der Waals surface area contributed by atoms with Gasteiger partial charge in [0, 0.05) is 37.0 Å². The fraction of sp³-hybridized carbons (Fsp3) is 0.769. The zero-order chi connectivity index (χ0) is 12.3. The van der Waals surface area contributed by atoms with Crippen LogP contribution < -0.4 is 5.32 Å². The molecule has 4 heteroatoms. The molecule has 0 aromatic carbocycles. The lowest BCUT2D eigenvalue weighted by Crippen LogP contribution is -2.35. The number of hydrogen-bond acceptors (Lipinski definition) is 3. The minimum Gasteiger partial charge on any atom is -0.380 e. The third-order valence-electron chi connectivity index (χ3n) is 3.43. The molecule has 1 aliphatic carbocycles. The van der Waals surface area contributed by atoms with Crippen LogP contribution >= 0.6 is 0 Å². The summed E-state index contributed by atoms with van der Waals surface area (Å²) < 4.78 is 7.46. The van der Waals surface area contributed by atoms with Gasteiger partial charge in [0.2, 0.25) is 0 Å². The first kappa shape index (κ1) is 12.6. The van der Waals surface area contributed by atoms with Gasteiger partial charge in [-0.3, -0.25) is 4.68 Å². The molecule has 0 bridgehead atoms. The quantitative estimate of drug-likeness (QED) is 0.849. The second-order valence-electron chi connectivity index (χ2n) is 4.84. The second kappa shape index (κ2) is 5.65. The summed E-state index contributed by atoms with van der Waals surface area (Å²) in [6, 6.07) is 0.842. The summed E-state index contributed by atoms with van der Waals surface area (Å²) in [6.45, 7) is 5.78. The minimum atomic E-state index is 0.395. The monoisotopic (exact) mass is 237 g/mol. The number of rotatable bonds is 5. The summed E-state index contributed by atoms with van der Waals surface area (Å²) in [5.41, 5.74) is 2.76. The Morgan fingerprint density at radius 1 is 1.65 bits per heavy atom. The molecule has 2 unspecified atom stereocenters. The largest absolute Gasteiger partial charge is 0.380 e. The molecule has 1 aromatic rings. The number of hydrogen-bond donors (Lipinski definition) is 1. The lowest BCUT2D eigenvalue weighted by atomic mass is 9.92. The van der Waals surface area contributed by atoms with Gasteiger partial charge in [-0.25, -0.2) is 0 Å². The number of aryl methyl sites for hydroxylation is 1. The predicted molar refractivity (Wildman–Crippen MR) is 68.0 cm³/mol. The van der Waals surface area contributed by atoms with Crippen molar-refractivity contribution in [2.75, 3.05) is 13.2 Å². The van der Waals surface area contributed by atoms with Crippen molar-refractivity contribution in [3.8, 4) is 0 Å². The highest BCUT2D eigenvalue weighted by molar-refractivity contribution is 5.24. The molecular formula is C13H23N3O. The second-order valence-corrected chi connectivity index (χ2v) is 4.84. The Morgan fingerprint density at radius 2 is 2.47 bits per heavy atom. The van der Waals surface area contributed by atoms with E-state index in [1.807, 2.05) is 24.9 Å². The van der Waals surface area contributed by atoms with E-state index < -0.39 is 0 Å². The first-order valence-electron chi connectivity index (χ1n) is 6.57. The van der Waals surface area contributed by atoms with E-state index in [-0.39, 0.29) is 0 Å². The molecule has 1 heterocycles. The van der Waals surface area contributed by atoms with E-state index in [0.29, 0.717) is 12.1 Å². The smallest absolute Gasteiger partial charge is 0.0616 e. The van der Waals surface area contributed by atoms with Crippen LogP contribution in [-0.2, 0) is 18.2 Å². The average molecular weight is 237 g/mol. The van der Waals surface area contributed by atoms with Gasteiger partial charge in [-0.05, 0) is 33.1 Å². The van der Waals surface area contributed by atoms with Crippen LogP contribution in [0.2, 0.25) is 0 Å². The Bertz CT molecular complexity index is 362. The van der Waals surface area contributed by atoms with E-state index >= 15 is 0 Å². The van der Waals surface area contributed by atoms with Crippen molar-refractivity contribution in [1.82, 2.24) is 15.1 Å². The molecular weight excluding hydrogens is 214 g/mol. The van der Waals surface area contributed by atoms with Gasteiger partial charge in [-0.1, -0.05) is 0 Å². The van der Waals surface area contributed by atoms with Crippen LogP contribution in [0.5, 0.6) is 0 Å². The summed E-state index contributed by atoms with van der Waals surface area (Å²) in [5.74, 6) is 0. The molecule has 0 saturated heterocycles. The highest BCUT2D eigenvalue weighted by Crippen LogP contribution is 2.29. The molecule has 1 aliphatic rings. The predicted octanol–water partition coefficient (Wildman–Crippen LogP) is 1.81. The summed E-state index contributed by atoms with van der Waals surface area (Å²) in [4.78, 5) is 0. The van der Waals surface area contributed by atoms with Gasteiger partial charge < -0.3 is 10.1 Å². The van der Waals surface area contributed by atoms with Crippen molar-refractivity contribution in [2.24, 2.45) is 7.05 Å². The molecule has 0 saturated carbocycles. The summed E-state index contributed by atoms with van der Waals surface area (Å²) in [5, 5.41) is 8.01.